The van der Waals surface area contributed by atoms with E-state index in [0.29, 0.717) is 16.5 Å². The fourth-order valence-corrected chi connectivity index (χ4v) is 2.09. The molecule has 2 rings (SSSR count). The summed E-state index contributed by atoms with van der Waals surface area (Å²) >= 11 is 10.9. The van der Waals surface area contributed by atoms with Crippen molar-refractivity contribution in [3.05, 3.63) is 53.1 Å². The number of phenols is 1. The molecule has 0 aliphatic rings. The maximum Gasteiger partial charge on any atom is 0.264 e. The molecule has 23 heavy (non-hydrogen) atoms. The van der Waals surface area contributed by atoms with E-state index in [4.69, 9.17) is 28.6 Å². The average molecular weight is 351 g/mol. The lowest BCUT2D eigenvalue weighted by Gasteiger charge is -2.11. The van der Waals surface area contributed by atoms with Crippen molar-refractivity contribution in [2.24, 2.45) is 0 Å². The Morgan fingerprint density at radius 2 is 2.04 bits per heavy atom. The number of hydrogen-bond acceptors (Lipinski definition) is 4. The largest absolute Gasteiger partial charge is 0.506 e. The monoisotopic (exact) mass is 350 g/mol. The van der Waals surface area contributed by atoms with Gasteiger partial charge in [0.15, 0.2) is 11.7 Å². The zero-order chi connectivity index (χ0) is 16.8. The van der Waals surface area contributed by atoms with Crippen molar-refractivity contribution in [3.63, 3.8) is 0 Å². The molecule has 0 fully saturated rings. The number of amides is 1. The Hall–Kier alpha value is -2.31. The number of nitrogens with one attached hydrogen (secondary N) is 2. The lowest BCUT2D eigenvalue weighted by atomic mass is 10.2. The van der Waals surface area contributed by atoms with Crippen molar-refractivity contribution in [2.45, 2.75) is 6.92 Å². The molecule has 3 N–H and O–H groups in total. The van der Waals surface area contributed by atoms with E-state index in [0.717, 1.165) is 5.56 Å². The molecule has 0 heterocycles. The first-order chi connectivity index (χ1) is 11.0. The molecule has 7 heteroatoms. The molecule has 2 aromatic rings. The lowest BCUT2D eigenvalue weighted by Crippen LogP contribution is -2.37. The summed E-state index contributed by atoms with van der Waals surface area (Å²) < 4.78 is 5.37. The van der Waals surface area contributed by atoms with E-state index >= 15 is 0 Å². The van der Waals surface area contributed by atoms with E-state index in [1.807, 2.05) is 6.92 Å². The van der Waals surface area contributed by atoms with Gasteiger partial charge in [-0.25, -0.2) is 0 Å². The van der Waals surface area contributed by atoms with E-state index < -0.39 is 5.91 Å². The van der Waals surface area contributed by atoms with Crippen LogP contribution in [0.1, 0.15) is 5.56 Å². The number of benzene rings is 2. The SMILES string of the molecule is Cc1cc(OCC(=O)NC(=S)Nc2ccccc2O)ccc1Cl. The molecule has 0 saturated heterocycles. The van der Waals surface area contributed by atoms with Crippen LogP contribution in [-0.2, 0) is 4.79 Å². The van der Waals surface area contributed by atoms with Gasteiger partial charge in [-0.05, 0) is 55.0 Å². The Morgan fingerprint density at radius 3 is 2.74 bits per heavy atom. The summed E-state index contributed by atoms with van der Waals surface area (Å²) in [6.07, 6.45) is 0. The number of rotatable bonds is 4. The molecule has 2 aromatic carbocycles. The molecule has 5 nitrogen and oxygen atoms in total. The standard InChI is InChI=1S/C16H15ClN2O3S/c1-10-8-11(6-7-12(10)17)22-9-15(21)19-16(23)18-13-4-2-3-5-14(13)20/h2-8,20H,9H2,1H3,(H2,18,19,21,23). The number of thiocarbonyl (C=S) groups is 1. The first-order valence-electron chi connectivity index (χ1n) is 6.73. The van der Waals surface area contributed by atoms with Gasteiger partial charge in [0.05, 0.1) is 5.69 Å². The first-order valence-corrected chi connectivity index (χ1v) is 7.52. The Labute approximate surface area is 144 Å². The molecule has 0 aliphatic carbocycles. The van der Waals surface area contributed by atoms with Gasteiger partial charge in [0.2, 0.25) is 0 Å². The van der Waals surface area contributed by atoms with Crippen LogP contribution in [0.5, 0.6) is 11.5 Å². The van der Waals surface area contributed by atoms with Gasteiger partial charge in [-0.3, -0.25) is 10.1 Å². The predicted molar refractivity (Wildman–Crippen MR) is 94.2 cm³/mol. The van der Waals surface area contributed by atoms with Gasteiger partial charge in [0, 0.05) is 5.02 Å². The van der Waals surface area contributed by atoms with Crippen molar-refractivity contribution < 1.29 is 14.6 Å². The normalized spacial score (nSPS) is 10.0. The van der Waals surface area contributed by atoms with Gasteiger partial charge < -0.3 is 15.2 Å². The highest BCUT2D eigenvalue weighted by Crippen LogP contribution is 2.22. The highest BCUT2D eigenvalue weighted by Gasteiger charge is 2.08. The molecule has 0 spiro atoms. The van der Waals surface area contributed by atoms with Gasteiger partial charge in [-0.15, -0.1) is 0 Å². The summed E-state index contributed by atoms with van der Waals surface area (Å²) in [5.41, 5.74) is 1.27. The highest BCUT2D eigenvalue weighted by atomic mass is 35.5. The van der Waals surface area contributed by atoms with Crippen molar-refractivity contribution >= 4 is 40.5 Å². The maximum absolute atomic E-state index is 11.8. The van der Waals surface area contributed by atoms with E-state index in [-0.39, 0.29) is 17.5 Å². The minimum Gasteiger partial charge on any atom is -0.506 e. The fraction of sp³-hybridized carbons (Fsp3) is 0.125. The zero-order valence-electron chi connectivity index (χ0n) is 12.3. The van der Waals surface area contributed by atoms with Crippen LogP contribution in [0.2, 0.25) is 5.02 Å². The van der Waals surface area contributed by atoms with E-state index in [1.54, 1.807) is 36.4 Å². The summed E-state index contributed by atoms with van der Waals surface area (Å²) in [7, 11) is 0. The number of ether oxygens (including phenoxy) is 1. The summed E-state index contributed by atoms with van der Waals surface area (Å²) in [6, 6.07) is 11.7. The number of aryl methyl sites for hydroxylation is 1. The number of aromatic hydroxyl groups is 1. The van der Waals surface area contributed by atoms with E-state index in [1.165, 1.54) is 6.07 Å². The second-order valence-corrected chi connectivity index (χ2v) is 5.53. The average Bonchev–Trinajstić information content (AvgIpc) is 2.51. The Morgan fingerprint density at radius 1 is 1.30 bits per heavy atom. The molecular weight excluding hydrogens is 336 g/mol. The van der Waals surface area contributed by atoms with Crippen molar-refractivity contribution in [3.8, 4) is 11.5 Å². The predicted octanol–water partition coefficient (Wildman–Crippen LogP) is 3.25. The molecule has 0 saturated carbocycles. The first kappa shape index (κ1) is 17.1. The number of phenolic OH excluding ortho intramolecular Hbond substituents is 1. The van der Waals surface area contributed by atoms with Crippen molar-refractivity contribution in [1.82, 2.24) is 5.32 Å². The molecule has 0 unspecified atom stereocenters. The van der Waals surface area contributed by atoms with Crippen LogP contribution in [0.15, 0.2) is 42.5 Å². The molecule has 0 bridgehead atoms. The van der Waals surface area contributed by atoms with Crippen LogP contribution in [0.4, 0.5) is 5.69 Å². The van der Waals surface area contributed by atoms with Crippen LogP contribution >= 0.6 is 23.8 Å². The molecule has 0 atom stereocenters. The Balaban J connectivity index is 1.83. The van der Waals surface area contributed by atoms with Gasteiger partial charge in [-0.1, -0.05) is 23.7 Å². The van der Waals surface area contributed by atoms with Gasteiger partial charge in [0.25, 0.3) is 5.91 Å². The molecule has 1 amide bonds. The molecular formula is C16H15ClN2O3S. The number of para-hydroxylation sites is 2. The number of hydrogen-bond donors (Lipinski definition) is 3. The number of carbonyl (C=O) groups is 1. The maximum atomic E-state index is 11.8. The van der Waals surface area contributed by atoms with E-state index in [2.05, 4.69) is 10.6 Å². The number of anilines is 1. The summed E-state index contributed by atoms with van der Waals surface area (Å²) in [4.78, 5) is 11.8. The number of halogens is 1. The lowest BCUT2D eigenvalue weighted by molar-refractivity contribution is -0.121. The third-order valence-electron chi connectivity index (χ3n) is 2.90. The van der Waals surface area contributed by atoms with E-state index in [9.17, 15) is 9.90 Å². The zero-order valence-corrected chi connectivity index (χ0v) is 13.9. The quantitative estimate of drug-likeness (QED) is 0.583. The third kappa shape index (κ3) is 5.12. The van der Waals surface area contributed by atoms with Crippen LogP contribution in [0, 0.1) is 6.92 Å². The summed E-state index contributed by atoms with van der Waals surface area (Å²) in [5.74, 6) is 0.171. The Kier molecular flexibility index (Phi) is 5.78. The fourth-order valence-electron chi connectivity index (χ4n) is 1.75. The van der Waals surface area contributed by atoms with Gasteiger partial charge in [0.1, 0.15) is 11.5 Å². The summed E-state index contributed by atoms with van der Waals surface area (Å²) in [5, 5.41) is 15.5. The minimum atomic E-state index is -0.412. The molecule has 0 aromatic heterocycles. The minimum absolute atomic E-state index is 0.0389. The highest BCUT2D eigenvalue weighted by molar-refractivity contribution is 7.80. The van der Waals surface area contributed by atoms with Gasteiger partial charge in [-0.2, -0.15) is 0 Å². The second-order valence-electron chi connectivity index (χ2n) is 4.72. The second kappa shape index (κ2) is 7.80. The topological polar surface area (TPSA) is 70.6 Å². The van der Waals surface area contributed by atoms with Crippen LogP contribution < -0.4 is 15.4 Å². The third-order valence-corrected chi connectivity index (χ3v) is 3.53. The Bertz CT molecular complexity index is 737. The van der Waals surface area contributed by atoms with Gasteiger partial charge >= 0.3 is 0 Å². The van der Waals surface area contributed by atoms with Crippen molar-refractivity contribution in [1.29, 1.82) is 0 Å². The van der Waals surface area contributed by atoms with Crippen molar-refractivity contribution in [2.75, 3.05) is 11.9 Å². The molecule has 0 radical (unpaired) electrons. The van der Waals surface area contributed by atoms with Crippen LogP contribution in [-0.4, -0.2) is 22.7 Å². The summed E-state index contributed by atoms with van der Waals surface area (Å²) in [6.45, 7) is 1.66. The van der Waals surface area contributed by atoms with Crippen LogP contribution in [0.25, 0.3) is 0 Å². The number of carbonyl (C=O) groups excluding carboxylic acids is 1. The molecule has 0 aliphatic heterocycles. The molecule has 120 valence electrons. The smallest absolute Gasteiger partial charge is 0.264 e. The van der Waals surface area contributed by atoms with Crippen LogP contribution in [0.3, 0.4) is 0 Å².